The first-order chi connectivity index (χ1) is 9.88. The summed E-state index contributed by atoms with van der Waals surface area (Å²) < 4.78 is 32.7. The second-order valence-electron chi connectivity index (χ2n) is 4.58. The Balaban J connectivity index is 2.30. The van der Waals surface area contributed by atoms with Crippen LogP contribution in [0.5, 0.6) is 5.75 Å². The van der Waals surface area contributed by atoms with E-state index in [1.165, 1.54) is 18.3 Å². The van der Waals surface area contributed by atoms with Crippen molar-refractivity contribution < 1.29 is 13.2 Å². The number of benzene rings is 1. The SMILES string of the molecule is CC(C)Oc1ccccc1NS(=O)(=O)c1ccc(Cl)nc1. The summed E-state index contributed by atoms with van der Waals surface area (Å²) in [6.45, 7) is 3.74. The molecule has 0 spiro atoms. The van der Waals surface area contributed by atoms with Crippen LogP contribution in [0, 0.1) is 0 Å². The summed E-state index contributed by atoms with van der Waals surface area (Å²) in [5.41, 5.74) is 0.376. The van der Waals surface area contributed by atoms with Crippen LogP contribution in [0.15, 0.2) is 47.5 Å². The molecule has 0 saturated carbocycles. The van der Waals surface area contributed by atoms with Gasteiger partial charge in [-0.15, -0.1) is 0 Å². The standard InChI is InChI=1S/C14H15ClN2O3S/c1-10(2)20-13-6-4-3-5-12(13)17-21(18,19)11-7-8-14(15)16-9-11/h3-10,17H,1-2H3. The molecule has 7 heteroatoms. The number of pyridine rings is 1. The minimum Gasteiger partial charge on any atom is -0.489 e. The Morgan fingerprint density at radius 1 is 1.19 bits per heavy atom. The van der Waals surface area contributed by atoms with E-state index >= 15 is 0 Å². The Kier molecular flexibility index (Phi) is 4.69. The van der Waals surface area contributed by atoms with Crippen molar-refractivity contribution in [3.63, 3.8) is 0 Å². The number of ether oxygens (including phenoxy) is 1. The van der Waals surface area contributed by atoms with E-state index in [-0.39, 0.29) is 16.2 Å². The Morgan fingerprint density at radius 2 is 1.90 bits per heavy atom. The molecule has 0 aliphatic heterocycles. The lowest BCUT2D eigenvalue weighted by Gasteiger charge is -2.15. The molecule has 0 unspecified atom stereocenters. The second kappa shape index (κ2) is 6.32. The summed E-state index contributed by atoms with van der Waals surface area (Å²) in [5, 5.41) is 0.234. The highest BCUT2D eigenvalue weighted by molar-refractivity contribution is 7.92. The molecule has 1 aromatic carbocycles. The highest BCUT2D eigenvalue weighted by atomic mass is 35.5. The normalized spacial score (nSPS) is 11.4. The van der Waals surface area contributed by atoms with Crippen LogP contribution < -0.4 is 9.46 Å². The van der Waals surface area contributed by atoms with Crippen LogP contribution in [-0.2, 0) is 10.0 Å². The Hall–Kier alpha value is -1.79. The van der Waals surface area contributed by atoms with Crippen LogP contribution in [-0.4, -0.2) is 19.5 Å². The molecule has 2 aromatic rings. The van der Waals surface area contributed by atoms with Crippen molar-refractivity contribution in [1.29, 1.82) is 0 Å². The number of halogens is 1. The van der Waals surface area contributed by atoms with Gasteiger partial charge in [0.1, 0.15) is 15.8 Å². The van der Waals surface area contributed by atoms with Gasteiger partial charge in [-0.3, -0.25) is 4.72 Å². The number of hydrogen-bond donors (Lipinski definition) is 1. The first-order valence-electron chi connectivity index (χ1n) is 6.28. The van der Waals surface area contributed by atoms with Gasteiger partial charge >= 0.3 is 0 Å². The summed E-state index contributed by atoms with van der Waals surface area (Å²) in [7, 11) is -3.74. The van der Waals surface area contributed by atoms with E-state index in [1.807, 2.05) is 13.8 Å². The molecule has 0 aliphatic rings. The van der Waals surface area contributed by atoms with Gasteiger partial charge in [-0.25, -0.2) is 13.4 Å². The zero-order chi connectivity index (χ0) is 15.5. The molecule has 1 heterocycles. The van der Waals surface area contributed by atoms with E-state index in [1.54, 1.807) is 24.3 Å². The Bertz CT molecular complexity index is 715. The summed E-state index contributed by atoms with van der Waals surface area (Å²) in [4.78, 5) is 3.81. The molecule has 0 fully saturated rings. The lowest BCUT2D eigenvalue weighted by atomic mass is 10.3. The third-order valence-electron chi connectivity index (χ3n) is 2.50. The maximum absolute atomic E-state index is 12.3. The highest BCUT2D eigenvalue weighted by Crippen LogP contribution is 2.27. The fraction of sp³-hybridized carbons (Fsp3) is 0.214. The molecule has 1 N–H and O–H groups in total. The van der Waals surface area contributed by atoms with Crippen molar-refractivity contribution >= 4 is 27.3 Å². The maximum Gasteiger partial charge on any atom is 0.263 e. The van der Waals surface area contributed by atoms with Crippen LogP contribution in [0.25, 0.3) is 0 Å². The molecule has 2 rings (SSSR count). The Labute approximate surface area is 129 Å². The molecular weight excluding hydrogens is 312 g/mol. The zero-order valence-electron chi connectivity index (χ0n) is 11.6. The van der Waals surface area contributed by atoms with Crippen LogP contribution in [0.1, 0.15) is 13.8 Å². The van der Waals surface area contributed by atoms with Crippen LogP contribution in [0.3, 0.4) is 0 Å². The highest BCUT2D eigenvalue weighted by Gasteiger charge is 2.17. The molecule has 0 atom stereocenters. The van der Waals surface area contributed by atoms with Gasteiger partial charge in [0.2, 0.25) is 0 Å². The van der Waals surface area contributed by atoms with Gasteiger partial charge in [0.15, 0.2) is 0 Å². The van der Waals surface area contributed by atoms with Crippen LogP contribution in [0.4, 0.5) is 5.69 Å². The van der Waals surface area contributed by atoms with Crippen molar-refractivity contribution in [1.82, 2.24) is 4.98 Å². The fourth-order valence-electron chi connectivity index (χ4n) is 1.63. The first kappa shape index (κ1) is 15.6. The smallest absolute Gasteiger partial charge is 0.263 e. The van der Waals surface area contributed by atoms with Gasteiger partial charge in [-0.1, -0.05) is 23.7 Å². The largest absolute Gasteiger partial charge is 0.489 e. The molecule has 1 aromatic heterocycles. The number of para-hydroxylation sites is 2. The predicted octanol–water partition coefficient (Wildman–Crippen LogP) is 3.32. The van der Waals surface area contributed by atoms with Gasteiger partial charge in [0, 0.05) is 6.20 Å². The minimum absolute atomic E-state index is 0.0336. The number of rotatable bonds is 5. The second-order valence-corrected chi connectivity index (χ2v) is 6.65. The topological polar surface area (TPSA) is 68.3 Å². The summed E-state index contributed by atoms with van der Waals surface area (Å²) in [6, 6.07) is 9.66. The van der Waals surface area contributed by atoms with Gasteiger partial charge < -0.3 is 4.74 Å². The number of aromatic nitrogens is 1. The van der Waals surface area contributed by atoms with E-state index in [4.69, 9.17) is 16.3 Å². The quantitative estimate of drug-likeness (QED) is 0.856. The molecule has 0 aliphatic carbocycles. The van der Waals surface area contributed by atoms with Crippen molar-refractivity contribution in [2.75, 3.05) is 4.72 Å². The molecular formula is C14H15ClN2O3S. The van der Waals surface area contributed by atoms with Crippen molar-refractivity contribution in [2.24, 2.45) is 0 Å². The van der Waals surface area contributed by atoms with E-state index in [9.17, 15) is 8.42 Å². The molecule has 0 saturated heterocycles. The average Bonchev–Trinajstić information content (AvgIpc) is 2.40. The third kappa shape index (κ3) is 4.09. The van der Waals surface area contributed by atoms with E-state index in [0.29, 0.717) is 11.4 Å². The number of sulfonamides is 1. The zero-order valence-corrected chi connectivity index (χ0v) is 13.1. The van der Waals surface area contributed by atoms with Crippen LogP contribution in [0.2, 0.25) is 5.15 Å². The summed E-state index contributed by atoms with van der Waals surface area (Å²) in [6.07, 6.45) is 1.14. The maximum atomic E-state index is 12.3. The molecule has 5 nitrogen and oxygen atoms in total. The van der Waals surface area contributed by atoms with E-state index in [2.05, 4.69) is 9.71 Å². The molecule has 0 bridgehead atoms. The van der Waals surface area contributed by atoms with Crippen LogP contribution >= 0.6 is 11.6 Å². The molecule has 112 valence electrons. The monoisotopic (exact) mass is 326 g/mol. The summed E-state index contributed by atoms with van der Waals surface area (Å²) in [5.74, 6) is 0.470. The van der Waals surface area contributed by atoms with E-state index < -0.39 is 10.0 Å². The predicted molar refractivity (Wildman–Crippen MR) is 82.3 cm³/mol. The first-order valence-corrected chi connectivity index (χ1v) is 8.14. The summed E-state index contributed by atoms with van der Waals surface area (Å²) >= 11 is 5.66. The van der Waals surface area contributed by atoms with Crippen molar-refractivity contribution in [3.8, 4) is 5.75 Å². The van der Waals surface area contributed by atoms with Gasteiger partial charge in [0.25, 0.3) is 10.0 Å². The van der Waals surface area contributed by atoms with E-state index in [0.717, 1.165) is 0 Å². The molecule has 0 amide bonds. The minimum atomic E-state index is -3.74. The fourth-order valence-corrected chi connectivity index (χ4v) is 2.76. The van der Waals surface area contributed by atoms with Gasteiger partial charge in [-0.05, 0) is 38.1 Å². The lowest BCUT2D eigenvalue weighted by Crippen LogP contribution is -2.15. The Morgan fingerprint density at radius 3 is 2.52 bits per heavy atom. The van der Waals surface area contributed by atoms with Crippen molar-refractivity contribution in [3.05, 3.63) is 47.7 Å². The van der Waals surface area contributed by atoms with Crippen molar-refractivity contribution in [2.45, 2.75) is 24.8 Å². The number of nitrogens with zero attached hydrogens (tertiary/aromatic N) is 1. The number of hydrogen-bond acceptors (Lipinski definition) is 4. The van der Waals surface area contributed by atoms with Gasteiger partial charge in [-0.2, -0.15) is 0 Å². The van der Waals surface area contributed by atoms with Gasteiger partial charge in [0.05, 0.1) is 11.8 Å². The molecule has 21 heavy (non-hydrogen) atoms. The lowest BCUT2D eigenvalue weighted by molar-refractivity contribution is 0.244. The number of anilines is 1. The third-order valence-corrected chi connectivity index (χ3v) is 4.08. The number of nitrogens with one attached hydrogen (secondary N) is 1. The average molecular weight is 327 g/mol. The molecule has 0 radical (unpaired) electrons.